The number of ether oxygens (including phenoxy) is 1. The first-order valence-electron chi connectivity index (χ1n) is 8.74. The van der Waals surface area contributed by atoms with Crippen LogP contribution in [0.1, 0.15) is 27.3 Å². The number of rotatable bonds is 3. The second-order valence-electron chi connectivity index (χ2n) is 6.55. The monoisotopic (exact) mass is 376 g/mol. The largest absolute Gasteiger partial charge is 0.465 e. The summed E-state index contributed by atoms with van der Waals surface area (Å²) < 4.78 is 8.29. The molecular weight excluding hydrogens is 356 g/mol. The summed E-state index contributed by atoms with van der Waals surface area (Å²) in [6.07, 6.45) is 0. The lowest BCUT2D eigenvalue weighted by molar-refractivity contribution is 0.0600. The van der Waals surface area contributed by atoms with Crippen molar-refractivity contribution in [1.82, 2.24) is 9.55 Å². The van der Waals surface area contributed by atoms with Crippen molar-refractivity contribution < 1.29 is 9.53 Å². The fourth-order valence-electron chi connectivity index (χ4n) is 3.53. The molecule has 0 radical (unpaired) electrons. The number of hydrogen-bond acceptors (Lipinski definition) is 4. The average Bonchev–Trinajstić information content (AvgIpc) is 3.22. The summed E-state index contributed by atoms with van der Waals surface area (Å²) in [5, 5.41) is 1.01. The number of carbonyl (C=O) groups is 1. The number of fused-ring (bicyclic) bond motifs is 1. The fourth-order valence-corrected chi connectivity index (χ4v) is 4.57. The van der Waals surface area contributed by atoms with E-state index in [9.17, 15) is 4.79 Å². The third-order valence-corrected chi connectivity index (χ3v) is 5.98. The van der Waals surface area contributed by atoms with E-state index in [-0.39, 0.29) is 5.97 Å². The van der Waals surface area contributed by atoms with E-state index in [1.807, 2.05) is 37.3 Å². The number of esters is 1. The predicted molar refractivity (Wildman–Crippen MR) is 110 cm³/mol. The van der Waals surface area contributed by atoms with Crippen LogP contribution in [0.4, 0.5) is 0 Å². The van der Waals surface area contributed by atoms with Crippen LogP contribution in [-0.2, 0) is 4.74 Å². The van der Waals surface area contributed by atoms with Gasteiger partial charge in [-0.2, -0.15) is 0 Å². The van der Waals surface area contributed by atoms with Gasteiger partial charge in [0.15, 0.2) is 0 Å². The molecule has 0 aliphatic heterocycles. The van der Waals surface area contributed by atoms with Crippen LogP contribution in [0.5, 0.6) is 0 Å². The minimum Gasteiger partial charge on any atom is -0.465 e. The number of methoxy groups -OCH3 is 1. The second-order valence-corrected chi connectivity index (χ2v) is 7.58. The standard InChI is InChI=1S/C22H20N2O2S/c1-13-12-17(21-23-18-9-5-6-11-20(18)27-21)15(3)24(13)19-10-7-8-16(14(19)2)22(25)26-4/h5-12H,1-4H3. The first-order chi connectivity index (χ1) is 13.0. The molecule has 0 bridgehead atoms. The van der Waals surface area contributed by atoms with Crippen LogP contribution in [0.15, 0.2) is 48.5 Å². The second kappa shape index (κ2) is 6.67. The van der Waals surface area contributed by atoms with Crippen LogP contribution < -0.4 is 0 Å². The molecule has 136 valence electrons. The molecule has 0 aliphatic carbocycles. The van der Waals surface area contributed by atoms with Crippen LogP contribution in [0.2, 0.25) is 0 Å². The van der Waals surface area contributed by atoms with Crippen molar-refractivity contribution in [2.75, 3.05) is 7.11 Å². The highest BCUT2D eigenvalue weighted by Crippen LogP contribution is 2.35. The van der Waals surface area contributed by atoms with Gasteiger partial charge in [0.25, 0.3) is 0 Å². The zero-order valence-corrected chi connectivity index (χ0v) is 16.6. The fraction of sp³-hybridized carbons (Fsp3) is 0.182. The van der Waals surface area contributed by atoms with Crippen LogP contribution in [0.25, 0.3) is 26.5 Å². The highest BCUT2D eigenvalue weighted by molar-refractivity contribution is 7.21. The molecule has 4 nitrogen and oxygen atoms in total. The van der Waals surface area contributed by atoms with Gasteiger partial charge in [-0.25, -0.2) is 9.78 Å². The highest BCUT2D eigenvalue weighted by Gasteiger charge is 2.19. The van der Waals surface area contributed by atoms with Crippen molar-refractivity contribution in [1.29, 1.82) is 0 Å². The molecule has 0 saturated carbocycles. The highest BCUT2D eigenvalue weighted by atomic mass is 32.1. The zero-order chi connectivity index (χ0) is 19.1. The van der Waals surface area contributed by atoms with Gasteiger partial charge in [-0.3, -0.25) is 0 Å². The van der Waals surface area contributed by atoms with E-state index in [1.165, 1.54) is 11.8 Å². The Bertz CT molecular complexity index is 1140. The molecule has 0 fully saturated rings. The smallest absolute Gasteiger partial charge is 0.338 e. The molecule has 2 aromatic heterocycles. The Morgan fingerprint density at radius 3 is 2.59 bits per heavy atom. The Morgan fingerprint density at radius 1 is 1.07 bits per heavy atom. The Kier molecular flexibility index (Phi) is 4.32. The molecular formula is C22H20N2O2S. The SMILES string of the molecule is COC(=O)c1cccc(-n2c(C)cc(-c3nc4ccccc4s3)c2C)c1C. The number of carbonyl (C=O) groups excluding carboxylic acids is 1. The van der Waals surface area contributed by atoms with Gasteiger partial charge < -0.3 is 9.30 Å². The third-order valence-electron chi connectivity index (χ3n) is 4.91. The maximum absolute atomic E-state index is 12.1. The molecule has 0 saturated heterocycles. The summed E-state index contributed by atoms with van der Waals surface area (Å²) in [7, 11) is 1.41. The van der Waals surface area contributed by atoms with Gasteiger partial charge in [-0.15, -0.1) is 11.3 Å². The number of hydrogen-bond donors (Lipinski definition) is 0. The van der Waals surface area contributed by atoms with Crippen LogP contribution in [-0.4, -0.2) is 22.6 Å². The number of nitrogens with zero attached hydrogens (tertiary/aromatic N) is 2. The lowest BCUT2D eigenvalue weighted by Crippen LogP contribution is -2.08. The molecule has 5 heteroatoms. The van der Waals surface area contributed by atoms with Crippen molar-refractivity contribution in [2.24, 2.45) is 0 Å². The summed E-state index contributed by atoms with van der Waals surface area (Å²) in [4.78, 5) is 16.9. The number of thiazole rings is 1. The Labute approximate surface area is 162 Å². The first-order valence-corrected chi connectivity index (χ1v) is 9.56. The Morgan fingerprint density at radius 2 is 1.85 bits per heavy atom. The summed E-state index contributed by atoms with van der Waals surface area (Å²) in [5.74, 6) is -0.316. The molecule has 27 heavy (non-hydrogen) atoms. The van der Waals surface area contributed by atoms with Gasteiger partial charge in [-0.1, -0.05) is 18.2 Å². The Hall–Kier alpha value is -2.92. The van der Waals surface area contributed by atoms with E-state index < -0.39 is 0 Å². The molecule has 4 rings (SSSR count). The van der Waals surface area contributed by atoms with Crippen molar-refractivity contribution in [3.8, 4) is 16.3 Å². The quantitative estimate of drug-likeness (QED) is 0.446. The minimum absolute atomic E-state index is 0.316. The summed E-state index contributed by atoms with van der Waals surface area (Å²) >= 11 is 1.70. The molecule has 0 amide bonds. The first kappa shape index (κ1) is 17.5. The van der Waals surface area contributed by atoms with E-state index in [4.69, 9.17) is 9.72 Å². The molecule has 0 aliphatic rings. The van der Waals surface area contributed by atoms with Crippen molar-refractivity contribution in [3.63, 3.8) is 0 Å². The van der Waals surface area contributed by atoms with Gasteiger partial charge in [0.05, 0.1) is 22.9 Å². The number of benzene rings is 2. The van der Waals surface area contributed by atoms with E-state index >= 15 is 0 Å². The lowest BCUT2D eigenvalue weighted by Gasteiger charge is -2.15. The number of aromatic nitrogens is 2. The van der Waals surface area contributed by atoms with Gasteiger partial charge in [0.1, 0.15) is 5.01 Å². The van der Waals surface area contributed by atoms with Gasteiger partial charge in [-0.05, 0) is 56.7 Å². The van der Waals surface area contributed by atoms with Crippen LogP contribution in [0, 0.1) is 20.8 Å². The van der Waals surface area contributed by atoms with Gasteiger partial charge in [0.2, 0.25) is 0 Å². The predicted octanol–water partition coefficient (Wildman–Crippen LogP) is 5.47. The van der Waals surface area contributed by atoms with Crippen LogP contribution >= 0.6 is 11.3 Å². The lowest BCUT2D eigenvalue weighted by atomic mass is 10.1. The van der Waals surface area contributed by atoms with E-state index in [1.54, 1.807) is 17.4 Å². The number of para-hydroxylation sites is 1. The minimum atomic E-state index is -0.316. The topological polar surface area (TPSA) is 44.1 Å². The number of aryl methyl sites for hydroxylation is 1. The summed E-state index contributed by atoms with van der Waals surface area (Å²) in [6, 6.07) is 16.1. The molecule has 0 spiro atoms. The molecule has 0 unspecified atom stereocenters. The van der Waals surface area contributed by atoms with Crippen LogP contribution in [0.3, 0.4) is 0 Å². The van der Waals surface area contributed by atoms with Crippen molar-refractivity contribution in [3.05, 3.63) is 71.0 Å². The summed E-state index contributed by atoms with van der Waals surface area (Å²) in [5.41, 5.74) is 6.83. The molecule has 2 aromatic carbocycles. The zero-order valence-electron chi connectivity index (χ0n) is 15.7. The maximum atomic E-state index is 12.1. The van der Waals surface area contributed by atoms with E-state index in [2.05, 4.69) is 30.5 Å². The molecule has 0 atom stereocenters. The maximum Gasteiger partial charge on any atom is 0.338 e. The average molecular weight is 376 g/mol. The Balaban J connectivity index is 1.88. The molecule has 4 aromatic rings. The van der Waals surface area contributed by atoms with Crippen molar-refractivity contribution in [2.45, 2.75) is 20.8 Å². The van der Waals surface area contributed by atoms with Gasteiger partial charge in [0, 0.05) is 22.6 Å². The molecule has 2 heterocycles. The van der Waals surface area contributed by atoms with Gasteiger partial charge >= 0.3 is 5.97 Å². The molecule has 0 N–H and O–H groups in total. The van der Waals surface area contributed by atoms with E-state index in [0.717, 1.165) is 38.7 Å². The normalized spacial score (nSPS) is 11.1. The van der Waals surface area contributed by atoms with Crippen molar-refractivity contribution >= 4 is 27.5 Å². The summed E-state index contributed by atoms with van der Waals surface area (Å²) in [6.45, 7) is 6.13. The van der Waals surface area contributed by atoms with E-state index in [0.29, 0.717) is 5.56 Å². The third kappa shape index (κ3) is 2.84.